The first-order chi connectivity index (χ1) is 12.5. The van der Waals surface area contributed by atoms with Gasteiger partial charge in [0.2, 0.25) is 0 Å². The maximum Gasteiger partial charge on any atom is 0.326 e. The van der Waals surface area contributed by atoms with Gasteiger partial charge < -0.3 is 25.2 Å². The molecule has 0 aromatic heterocycles. The van der Waals surface area contributed by atoms with Crippen LogP contribution in [0.1, 0.15) is 6.42 Å². The van der Waals surface area contributed by atoms with Crippen molar-refractivity contribution in [2.45, 2.75) is 12.5 Å². The Labute approximate surface area is 156 Å². The van der Waals surface area contributed by atoms with Crippen molar-refractivity contribution in [3.8, 4) is 17.6 Å². The van der Waals surface area contributed by atoms with E-state index in [1.807, 2.05) is 6.26 Å². The average molecular weight is 379 g/mol. The molecular weight excluding hydrogens is 358 g/mol. The number of benzene rings is 1. The molecule has 3 N–H and O–H groups in total. The standard InChI is InChI=1S/C17H21N3O5S/c1-24-12-4-5-13(15(8-12)25-2)19-10-11(9-18)16(21)20-14(17(22)23)6-7-26-3/h4-5,8,10,14,19H,6-7H2,1-3H3,(H,20,21)(H,22,23)/b11-10-. The Morgan fingerprint density at radius 1 is 1.38 bits per heavy atom. The summed E-state index contributed by atoms with van der Waals surface area (Å²) >= 11 is 1.47. The van der Waals surface area contributed by atoms with Crippen LogP contribution in [0.25, 0.3) is 0 Å². The molecule has 0 saturated heterocycles. The molecule has 0 aliphatic rings. The number of carboxylic acids is 1. The first kappa shape index (κ1) is 21.2. The summed E-state index contributed by atoms with van der Waals surface area (Å²) in [6, 6.07) is 5.70. The van der Waals surface area contributed by atoms with Crippen LogP contribution in [-0.4, -0.2) is 49.3 Å². The minimum absolute atomic E-state index is 0.252. The molecule has 0 spiro atoms. The molecule has 0 radical (unpaired) electrons. The Kier molecular flexibility index (Phi) is 8.87. The smallest absolute Gasteiger partial charge is 0.326 e. The van der Waals surface area contributed by atoms with Crippen molar-refractivity contribution >= 4 is 29.3 Å². The van der Waals surface area contributed by atoms with Gasteiger partial charge in [0.25, 0.3) is 5.91 Å². The lowest BCUT2D eigenvalue weighted by molar-refractivity contribution is -0.141. The van der Waals surface area contributed by atoms with E-state index in [1.54, 1.807) is 24.3 Å². The first-order valence-electron chi connectivity index (χ1n) is 7.58. The van der Waals surface area contributed by atoms with Gasteiger partial charge in [-0.05, 0) is 30.6 Å². The Balaban J connectivity index is 2.89. The molecule has 0 bridgehead atoms. The number of amides is 1. The number of anilines is 1. The highest BCUT2D eigenvalue weighted by molar-refractivity contribution is 7.98. The number of thioether (sulfide) groups is 1. The maximum atomic E-state index is 12.2. The van der Waals surface area contributed by atoms with E-state index in [9.17, 15) is 14.9 Å². The van der Waals surface area contributed by atoms with Crippen molar-refractivity contribution in [1.82, 2.24) is 5.32 Å². The van der Waals surface area contributed by atoms with Crippen molar-refractivity contribution in [1.29, 1.82) is 5.26 Å². The zero-order valence-electron chi connectivity index (χ0n) is 14.7. The number of hydrogen-bond acceptors (Lipinski definition) is 7. The van der Waals surface area contributed by atoms with Crippen LogP contribution >= 0.6 is 11.8 Å². The highest BCUT2D eigenvalue weighted by Gasteiger charge is 2.21. The van der Waals surface area contributed by atoms with E-state index in [2.05, 4.69) is 10.6 Å². The van der Waals surface area contributed by atoms with Gasteiger partial charge in [0.1, 0.15) is 29.2 Å². The zero-order chi connectivity index (χ0) is 19.5. The molecule has 140 valence electrons. The van der Waals surface area contributed by atoms with Crippen molar-refractivity contribution in [2.24, 2.45) is 0 Å². The van der Waals surface area contributed by atoms with Gasteiger partial charge in [0, 0.05) is 12.3 Å². The summed E-state index contributed by atoms with van der Waals surface area (Å²) in [5.74, 6) is -0.283. The highest BCUT2D eigenvalue weighted by Crippen LogP contribution is 2.29. The van der Waals surface area contributed by atoms with Gasteiger partial charge in [-0.25, -0.2) is 4.79 Å². The van der Waals surface area contributed by atoms with Gasteiger partial charge in [-0.1, -0.05) is 0 Å². The quantitative estimate of drug-likeness (QED) is 0.416. The molecule has 0 saturated carbocycles. The SMILES string of the molecule is COc1ccc(N/C=C(/C#N)C(=O)NC(CCSC)C(=O)O)c(OC)c1. The Bertz CT molecular complexity index is 715. The van der Waals surface area contributed by atoms with E-state index < -0.39 is 17.9 Å². The summed E-state index contributed by atoms with van der Waals surface area (Å²) in [5, 5.41) is 23.5. The number of carbonyl (C=O) groups excluding carboxylic acids is 1. The minimum atomic E-state index is -1.14. The van der Waals surface area contributed by atoms with Gasteiger partial charge >= 0.3 is 5.97 Å². The zero-order valence-corrected chi connectivity index (χ0v) is 15.6. The van der Waals surface area contributed by atoms with Crippen molar-refractivity contribution in [3.05, 3.63) is 30.0 Å². The Morgan fingerprint density at radius 3 is 2.65 bits per heavy atom. The van der Waals surface area contributed by atoms with Gasteiger partial charge in [-0.3, -0.25) is 4.79 Å². The van der Waals surface area contributed by atoms with Crippen LogP contribution in [0.4, 0.5) is 5.69 Å². The number of nitrogens with one attached hydrogen (secondary N) is 2. The van der Waals surface area contributed by atoms with E-state index in [1.165, 1.54) is 32.2 Å². The summed E-state index contributed by atoms with van der Waals surface area (Å²) in [7, 11) is 3.00. The molecule has 1 unspecified atom stereocenters. The van der Waals surface area contributed by atoms with Crippen LogP contribution < -0.4 is 20.1 Å². The number of hydrogen-bond donors (Lipinski definition) is 3. The topological polar surface area (TPSA) is 121 Å². The molecule has 8 nitrogen and oxygen atoms in total. The van der Waals surface area contributed by atoms with Crippen molar-refractivity contribution in [3.63, 3.8) is 0 Å². The number of ether oxygens (including phenoxy) is 2. The summed E-state index contributed by atoms with van der Waals surface area (Å²) in [6.07, 6.45) is 3.31. The van der Waals surface area contributed by atoms with Crippen LogP contribution in [0.2, 0.25) is 0 Å². The number of nitriles is 1. The normalized spacial score (nSPS) is 11.8. The minimum Gasteiger partial charge on any atom is -0.497 e. The Morgan fingerprint density at radius 2 is 2.12 bits per heavy atom. The monoisotopic (exact) mass is 379 g/mol. The van der Waals surface area contributed by atoms with Gasteiger partial charge in [-0.15, -0.1) is 0 Å². The van der Waals surface area contributed by atoms with E-state index in [-0.39, 0.29) is 12.0 Å². The number of methoxy groups -OCH3 is 2. The lowest BCUT2D eigenvalue weighted by Gasteiger charge is -2.14. The van der Waals surface area contributed by atoms with Crippen molar-refractivity contribution in [2.75, 3.05) is 31.5 Å². The first-order valence-corrected chi connectivity index (χ1v) is 8.97. The molecule has 1 aromatic carbocycles. The molecule has 0 fully saturated rings. The van der Waals surface area contributed by atoms with Crippen LogP contribution in [0.5, 0.6) is 11.5 Å². The molecule has 26 heavy (non-hydrogen) atoms. The van der Waals surface area contributed by atoms with Gasteiger partial charge in [-0.2, -0.15) is 17.0 Å². The maximum absolute atomic E-state index is 12.2. The predicted octanol–water partition coefficient (Wildman–Crippen LogP) is 1.85. The summed E-state index contributed by atoms with van der Waals surface area (Å²) in [5.41, 5.74) is 0.268. The number of carboxylic acid groups (broad SMARTS) is 1. The third-order valence-corrected chi connectivity index (χ3v) is 4.00. The number of nitrogens with zero attached hydrogens (tertiary/aromatic N) is 1. The largest absolute Gasteiger partial charge is 0.497 e. The predicted molar refractivity (Wildman–Crippen MR) is 99.4 cm³/mol. The fourth-order valence-electron chi connectivity index (χ4n) is 1.95. The summed E-state index contributed by atoms with van der Waals surface area (Å²) in [6.45, 7) is 0. The second-order valence-corrected chi connectivity index (χ2v) is 6.01. The molecule has 0 aliphatic carbocycles. The van der Waals surface area contributed by atoms with Crippen LogP contribution in [0.15, 0.2) is 30.0 Å². The molecule has 1 rings (SSSR count). The summed E-state index contributed by atoms with van der Waals surface area (Å²) in [4.78, 5) is 23.4. The molecule has 1 aromatic rings. The van der Waals surface area contributed by atoms with Gasteiger partial charge in [0.15, 0.2) is 0 Å². The van der Waals surface area contributed by atoms with Crippen LogP contribution in [-0.2, 0) is 9.59 Å². The van der Waals surface area contributed by atoms with E-state index in [0.29, 0.717) is 22.9 Å². The fourth-order valence-corrected chi connectivity index (χ4v) is 2.42. The van der Waals surface area contributed by atoms with Crippen LogP contribution in [0, 0.1) is 11.3 Å². The van der Waals surface area contributed by atoms with Gasteiger partial charge in [0.05, 0.1) is 19.9 Å². The highest BCUT2D eigenvalue weighted by atomic mass is 32.2. The third-order valence-electron chi connectivity index (χ3n) is 3.36. The van der Waals surface area contributed by atoms with Crippen molar-refractivity contribution < 1.29 is 24.2 Å². The molecule has 0 aliphatic heterocycles. The number of aliphatic carboxylic acids is 1. The van der Waals surface area contributed by atoms with E-state index >= 15 is 0 Å². The third kappa shape index (κ3) is 6.22. The fraction of sp³-hybridized carbons (Fsp3) is 0.353. The molecule has 0 heterocycles. The molecular formula is C17H21N3O5S. The molecule has 1 amide bonds. The van der Waals surface area contributed by atoms with E-state index in [4.69, 9.17) is 14.6 Å². The second kappa shape index (κ2) is 10.9. The Hall–Kier alpha value is -2.86. The molecule has 9 heteroatoms. The molecule has 1 atom stereocenters. The second-order valence-electron chi connectivity index (χ2n) is 5.03. The van der Waals surface area contributed by atoms with E-state index in [0.717, 1.165) is 0 Å². The number of rotatable bonds is 10. The average Bonchev–Trinajstić information content (AvgIpc) is 2.65. The number of carbonyl (C=O) groups is 2. The lowest BCUT2D eigenvalue weighted by atomic mass is 10.2. The summed E-state index contributed by atoms with van der Waals surface area (Å²) < 4.78 is 10.3. The lowest BCUT2D eigenvalue weighted by Crippen LogP contribution is -2.41. The van der Waals surface area contributed by atoms with Crippen LogP contribution in [0.3, 0.4) is 0 Å².